The Hall–Kier alpha value is -1.23. The van der Waals surface area contributed by atoms with Crippen molar-refractivity contribution >= 4 is 17.6 Å². The third-order valence-electron chi connectivity index (χ3n) is 2.12. The van der Waals surface area contributed by atoms with E-state index in [1.165, 1.54) is 0 Å². The topological polar surface area (TPSA) is 71.5 Å². The molecule has 0 bridgehead atoms. The summed E-state index contributed by atoms with van der Waals surface area (Å²) < 4.78 is 0. The molecule has 0 saturated heterocycles. The minimum Gasteiger partial charge on any atom is -0.409 e. The van der Waals surface area contributed by atoms with Gasteiger partial charge in [0.05, 0.1) is 5.56 Å². The van der Waals surface area contributed by atoms with E-state index in [1.807, 2.05) is 19.9 Å². The fourth-order valence-corrected chi connectivity index (χ4v) is 2.55. The van der Waals surface area contributed by atoms with Gasteiger partial charge in [0, 0.05) is 16.3 Å². The summed E-state index contributed by atoms with van der Waals surface area (Å²) in [6, 6.07) is 1.97. The third kappa shape index (κ3) is 2.88. The maximum atomic E-state index is 8.76. The molecule has 0 saturated carbocycles. The maximum absolute atomic E-state index is 8.76. The van der Waals surface area contributed by atoms with Gasteiger partial charge >= 0.3 is 0 Å². The summed E-state index contributed by atoms with van der Waals surface area (Å²) in [7, 11) is 0. The number of aromatic nitrogens is 1. The molecule has 0 amide bonds. The second-order valence-electron chi connectivity index (χ2n) is 3.56. The van der Waals surface area contributed by atoms with Crippen LogP contribution in [0.2, 0.25) is 0 Å². The van der Waals surface area contributed by atoms with Gasteiger partial charge in [-0.25, -0.2) is 0 Å². The summed E-state index contributed by atoms with van der Waals surface area (Å²) >= 11 is 1.71. The number of thioether (sulfide) groups is 1. The van der Waals surface area contributed by atoms with Crippen LogP contribution in [0, 0.1) is 13.8 Å². The second-order valence-corrected chi connectivity index (χ2v) is 4.69. The highest BCUT2D eigenvalue weighted by molar-refractivity contribution is 7.99. The summed E-state index contributed by atoms with van der Waals surface area (Å²) in [5, 5.41) is 11.8. The van der Waals surface area contributed by atoms with Crippen molar-refractivity contribution < 1.29 is 5.21 Å². The van der Waals surface area contributed by atoms with Crippen LogP contribution in [0.1, 0.15) is 30.3 Å². The van der Waals surface area contributed by atoms with Crippen LogP contribution < -0.4 is 5.73 Å². The maximum Gasteiger partial charge on any atom is 0.173 e. The van der Waals surface area contributed by atoms with Gasteiger partial charge in [-0.15, -0.1) is 11.8 Å². The number of pyridine rings is 1. The van der Waals surface area contributed by atoms with E-state index >= 15 is 0 Å². The first-order valence-corrected chi connectivity index (χ1v) is 6.17. The van der Waals surface area contributed by atoms with E-state index in [2.05, 4.69) is 17.1 Å². The summed E-state index contributed by atoms with van der Waals surface area (Å²) in [5.41, 5.74) is 8.16. The Balaban J connectivity index is 3.21. The number of nitrogens with zero attached hydrogens (tertiary/aromatic N) is 2. The predicted molar refractivity (Wildman–Crippen MR) is 67.2 cm³/mol. The predicted octanol–water partition coefficient (Wildman–Crippen LogP) is 2.30. The minimum atomic E-state index is 0.128. The van der Waals surface area contributed by atoms with Crippen LogP contribution in [-0.2, 0) is 0 Å². The standard InChI is InChI=1S/C11H17N3OS/c1-4-5-16-9-6-7(2)13-8(3)10(9)11(12)14-15/h6,15H,4-5H2,1-3H3,(H2,12,14). The Kier molecular flexibility index (Phi) is 4.61. The van der Waals surface area contributed by atoms with Crippen LogP contribution in [0.5, 0.6) is 0 Å². The van der Waals surface area contributed by atoms with Gasteiger partial charge in [-0.05, 0) is 32.1 Å². The number of rotatable bonds is 4. The van der Waals surface area contributed by atoms with E-state index in [0.717, 1.165) is 34.0 Å². The van der Waals surface area contributed by atoms with E-state index in [0.29, 0.717) is 0 Å². The molecule has 16 heavy (non-hydrogen) atoms. The first-order valence-electron chi connectivity index (χ1n) is 5.19. The average molecular weight is 239 g/mol. The van der Waals surface area contributed by atoms with Gasteiger partial charge in [-0.2, -0.15) is 0 Å². The molecule has 88 valence electrons. The van der Waals surface area contributed by atoms with E-state index in [1.54, 1.807) is 11.8 Å². The molecule has 0 unspecified atom stereocenters. The molecule has 1 rings (SSSR count). The quantitative estimate of drug-likeness (QED) is 0.278. The number of nitrogens with two attached hydrogens (primary N) is 1. The van der Waals surface area contributed by atoms with E-state index < -0.39 is 0 Å². The van der Waals surface area contributed by atoms with Crippen molar-refractivity contribution in [3.63, 3.8) is 0 Å². The van der Waals surface area contributed by atoms with Gasteiger partial charge in [-0.1, -0.05) is 12.1 Å². The molecule has 0 aliphatic carbocycles. The summed E-state index contributed by atoms with van der Waals surface area (Å²) in [4.78, 5) is 5.36. The van der Waals surface area contributed by atoms with Gasteiger partial charge in [0.15, 0.2) is 5.84 Å². The van der Waals surface area contributed by atoms with Crippen molar-refractivity contribution in [2.45, 2.75) is 32.1 Å². The van der Waals surface area contributed by atoms with E-state index in [4.69, 9.17) is 10.9 Å². The molecular weight excluding hydrogens is 222 g/mol. The molecule has 0 radical (unpaired) electrons. The number of hydrogen-bond acceptors (Lipinski definition) is 4. The number of oxime groups is 1. The second kappa shape index (κ2) is 5.75. The van der Waals surface area contributed by atoms with Crippen LogP contribution >= 0.6 is 11.8 Å². The molecule has 0 atom stereocenters. The molecule has 1 aromatic rings. The van der Waals surface area contributed by atoms with Crippen LogP contribution in [0.3, 0.4) is 0 Å². The largest absolute Gasteiger partial charge is 0.409 e. The molecule has 1 heterocycles. The van der Waals surface area contributed by atoms with Crippen LogP contribution in [-0.4, -0.2) is 21.8 Å². The number of aryl methyl sites for hydroxylation is 2. The molecule has 0 aromatic carbocycles. The highest BCUT2D eigenvalue weighted by Crippen LogP contribution is 2.25. The van der Waals surface area contributed by atoms with Gasteiger partial charge in [0.1, 0.15) is 0 Å². The Labute approximate surface area is 99.9 Å². The Morgan fingerprint density at radius 1 is 1.56 bits per heavy atom. The van der Waals surface area contributed by atoms with Crippen molar-refractivity contribution in [2.75, 3.05) is 5.75 Å². The molecule has 5 heteroatoms. The fourth-order valence-electron chi connectivity index (χ4n) is 1.48. The lowest BCUT2D eigenvalue weighted by Crippen LogP contribution is -2.17. The fraction of sp³-hybridized carbons (Fsp3) is 0.455. The molecule has 0 spiro atoms. The molecule has 0 aliphatic rings. The summed E-state index contributed by atoms with van der Waals surface area (Å²) in [6.45, 7) is 5.94. The van der Waals surface area contributed by atoms with Crippen molar-refractivity contribution in [1.82, 2.24) is 4.98 Å². The van der Waals surface area contributed by atoms with Gasteiger partial charge in [0.2, 0.25) is 0 Å². The highest BCUT2D eigenvalue weighted by atomic mass is 32.2. The first-order chi connectivity index (χ1) is 7.60. The molecule has 0 aliphatic heterocycles. The lowest BCUT2D eigenvalue weighted by atomic mass is 10.1. The Morgan fingerprint density at radius 2 is 2.25 bits per heavy atom. The zero-order chi connectivity index (χ0) is 12.1. The van der Waals surface area contributed by atoms with Crippen molar-refractivity contribution in [2.24, 2.45) is 10.9 Å². The van der Waals surface area contributed by atoms with Gasteiger partial charge in [0.25, 0.3) is 0 Å². The lowest BCUT2D eigenvalue weighted by molar-refractivity contribution is 0.318. The smallest absolute Gasteiger partial charge is 0.173 e. The van der Waals surface area contributed by atoms with Crippen molar-refractivity contribution in [3.8, 4) is 0 Å². The zero-order valence-corrected chi connectivity index (χ0v) is 10.6. The monoisotopic (exact) mass is 239 g/mol. The Bertz CT molecular complexity index is 404. The first kappa shape index (κ1) is 12.8. The average Bonchev–Trinajstić information content (AvgIpc) is 2.24. The lowest BCUT2D eigenvalue weighted by Gasteiger charge is -2.11. The molecule has 4 nitrogen and oxygen atoms in total. The molecule has 3 N–H and O–H groups in total. The summed E-state index contributed by atoms with van der Waals surface area (Å²) in [6.07, 6.45) is 1.08. The molecule has 0 fully saturated rings. The van der Waals surface area contributed by atoms with Crippen LogP contribution in [0.4, 0.5) is 0 Å². The number of amidine groups is 1. The third-order valence-corrected chi connectivity index (χ3v) is 3.36. The van der Waals surface area contributed by atoms with E-state index in [9.17, 15) is 0 Å². The SMILES string of the molecule is CCCSc1cc(C)nc(C)c1/C(N)=N/O. The highest BCUT2D eigenvalue weighted by Gasteiger charge is 2.12. The van der Waals surface area contributed by atoms with Crippen molar-refractivity contribution in [3.05, 3.63) is 23.0 Å². The Morgan fingerprint density at radius 3 is 2.81 bits per heavy atom. The number of hydrogen-bond donors (Lipinski definition) is 2. The van der Waals surface area contributed by atoms with Crippen molar-refractivity contribution in [1.29, 1.82) is 0 Å². The van der Waals surface area contributed by atoms with Crippen LogP contribution in [0.25, 0.3) is 0 Å². The van der Waals surface area contributed by atoms with Gasteiger partial charge < -0.3 is 10.9 Å². The van der Waals surface area contributed by atoms with Gasteiger partial charge in [-0.3, -0.25) is 4.98 Å². The van der Waals surface area contributed by atoms with E-state index in [-0.39, 0.29) is 5.84 Å². The summed E-state index contributed by atoms with van der Waals surface area (Å²) in [5.74, 6) is 1.14. The normalized spacial score (nSPS) is 11.8. The molecular formula is C11H17N3OS. The zero-order valence-electron chi connectivity index (χ0n) is 9.82. The minimum absolute atomic E-state index is 0.128. The van der Waals surface area contributed by atoms with Crippen LogP contribution in [0.15, 0.2) is 16.1 Å². The molecule has 1 aromatic heterocycles.